The number of aryl methyl sites for hydroxylation is 1. The molecule has 29 heavy (non-hydrogen) atoms. The average Bonchev–Trinajstić information content (AvgIpc) is 3.17. The van der Waals surface area contributed by atoms with Gasteiger partial charge in [0, 0.05) is 19.6 Å². The molecule has 4 rings (SSSR count). The van der Waals surface area contributed by atoms with Crippen molar-refractivity contribution in [1.29, 1.82) is 0 Å². The zero-order valence-corrected chi connectivity index (χ0v) is 17.9. The van der Waals surface area contributed by atoms with Crippen molar-refractivity contribution in [3.05, 3.63) is 40.8 Å². The molecule has 0 spiro atoms. The third-order valence-corrected chi connectivity index (χ3v) is 7.15. The number of amides is 2. The van der Waals surface area contributed by atoms with Gasteiger partial charge in [-0.15, -0.1) is 11.8 Å². The molecule has 3 heterocycles. The highest BCUT2D eigenvalue weighted by Gasteiger charge is 2.44. The highest BCUT2D eigenvalue weighted by atomic mass is 32.2. The van der Waals surface area contributed by atoms with E-state index in [-0.39, 0.29) is 35.3 Å². The van der Waals surface area contributed by atoms with E-state index in [1.807, 2.05) is 0 Å². The fourth-order valence-corrected chi connectivity index (χ4v) is 5.47. The second kappa shape index (κ2) is 8.90. The number of carbonyl (C=O) groups is 2. The van der Waals surface area contributed by atoms with Gasteiger partial charge in [-0.05, 0) is 42.7 Å². The molecule has 4 unspecified atom stereocenters. The van der Waals surface area contributed by atoms with Crippen LogP contribution in [0.15, 0.2) is 29.7 Å². The molecule has 0 saturated carbocycles. The van der Waals surface area contributed by atoms with E-state index in [4.69, 9.17) is 0 Å². The van der Waals surface area contributed by atoms with Gasteiger partial charge < -0.3 is 10.6 Å². The van der Waals surface area contributed by atoms with Crippen LogP contribution in [0.25, 0.3) is 5.57 Å². The first-order chi connectivity index (χ1) is 14.1. The van der Waals surface area contributed by atoms with Crippen molar-refractivity contribution < 1.29 is 9.59 Å². The van der Waals surface area contributed by atoms with Gasteiger partial charge in [-0.3, -0.25) is 19.8 Å². The lowest BCUT2D eigenvalue weighted by Gasteiger charge is -2.43. The predicted molar refractivity (Wildman–Crippen MR) is 117 cm³/mol. The Morgan fingerprint density at radius 2 is 2.10 bits per heavy atom. The van der Waals surface area contributed by atoms with Crippen LogP contribution in [-0.2, 0) is 9.59 Å². The Labute approximate surface area is 176 Å². The van der Waals surface area contributed by atoms with Gasteiger partial charge >= 0.3 is 0 Å². The smallest absolute Gasteiger partial charge is 0.237 e. The minimum Gasteiger partial charge on any atom is -0.356 e. The van der Waals surface area contributed by atoms with E-state index in [2.05, 4.69) is 64.4 Å². The molecule has 0 aromatic heterocycles. The molecular formula is C22H30N4O2S. The van der Waals surface area contributed by atoms with E-state index in [1.54, 1.807) is 11.8 Å². The van der Waals surface area contributed by atoms with Gasteiger partial charge in [0.25, 0.3) is 0 Å². The van der Waals surface area contributed by atoms with Crippen molar-refractivity contribution in [1.82, 2.24) is 20.9 Å². The molecule has 2 saturated heterocycles. The van der Waals surface area contributed by atoms with Crippen LogP contribution in [0.3, 0.4) is 0 Å². The molecule has 4 atom stereocenters. The Bertz CT molecular complexity index is 795. The van der Waals surface area contributed by atoms with Crippen molar-refractivity contribution in [2.24, 2.45) is 5.92 Å². The van der Waals surface area contributed by atoms with E-state index in [0.29, 0.717) is 6.54 Å². The number of hydrogen-bond acceptors (Lipinski definition) is 5. The summed E-state index contributed by atoms with van der Waals surface area (Å²) in [6, 6.07) is 8.46. The van der Waals surface area contributed by atoms with Crippen LogP contribution in [0.4, 0.5) is 0 Å². The molecule has 2 amide bonds. The fraction of sp³-hybridized carbons (Fsp3) is 0.545. The van der Waals surface area contributed by atoms with Crippen LogP contribution in [0.1, 0.15) is 37.3 Å². The number of fused-ring (bicyclic) bond motifs is 1. The molecule has 3 aliphatic heterocycles. The van der Waals surface area contributed by atoms with Gasteiger partial charge in [-0.2, -0.15) is 0 Å². The Morgan fingerprint density at radius 1 is 1.31 bits per heavy atom. The standard InChI is InChI=1S/C22H30N4O2S/c1-3-10-23-20(27)16-5-4-11-26(12-16)22-24-18-17(13-29-19(18)21(28)25-22)15-8-6-14(2)7-9-15/h6-9,13,16,18-19,22,24H,3-5,10-12H2,1-2H3,(H,23,27)(H,25,28). The summed E-state index contributed by atoms with van der Waals surface area (Å²) in [5, 5.41) is 11.8. The number of nitrogens with zero attached hydrogens (tertiary/aromatic N) is 1. The Morgan fingerprint density at radius 3 is 2.86 bits per heavy atom. The van der Waals surface area contributed by atoms with Gasteiger partial charge in [0.2, 0.25) is 11.8 Å². The first-order valence-electron chi connectivity index (χ1n) is 10.6. The van der Waals surface area contributed by atoms with E-state index >= 15 is 0 Å². The van der Waals surface area contributed by atoms with Crippen LogP contribution in [0.5, 0.6) is 0 Å². The quantitative estimate of drug-likeness (QED) is 0.688. The lowest BCUT2D eigenvalue weighted by molar-refractivity contribution is -0.129. The second-order valence-corrected chi connectivity index (χ2v) is 9.19. The maximum absolute atomic E-state index is 12.8. The van der Waals surface area contributed by atoms with Crippen LogP contribution < -0.4 is 16.0 Å². The number of likely N-dealkylation sites (tertiary alicyclic amines) is 1. The largest absolute Gasteiger partial charge is 0.356 e. The normalized spacial score (nSPS) is 29.7. The highest BCUT2D eigenvalue weighted by molar-refractivity contribution is 8.04. The maximum Gasteiger partial charge on any atom is 0.237 e. The van der Waals surface area contributed by atoms with Crippen LogP contribution in [0.2, 0.25) is 0 Å². The van der Waals surface area contributed by atoms with Gasteiger partial charge in [0.15, 0.2) is 0 Å². The topological polar surface area (TPSA) is 73.5 Å². The number of piperidine rings is 1. The van der Waals surface area contributed by atoms with E-state index < -0.39 is 0 Å². The molecule has 156 valence electrons. The number of rotatable bonds is 5. The van der Waals surface area contributed by atoms with Gasteiger partial charge in [-0.1, -0.05) is 36.8 Å². The summed E-state index contributed by atoms with van der Waals surface area (Å²) in [5.74, 6) is 0.185. The van der Waals surface area contributed by atoms with Crippen LogP contribution in [-0.4, -0.2) is 53.9 Å². The van der Waals surface area contributed by atoms with Crippen molar-refractivity contribution in [2.75, 3.05) is 19.6 Å². The van der Waals surface area contributed by atoms with Crippen molar-refractivity contribution in [2.45, 2.75) is 50.7 Å². The maximum atomic E-state index is 12.8. The molecule has 0 aliphatic carbocycles. The molecular weight excluding hydrogens is 384 g/mol. The molecule has 1 aromatic carbocycles. The molecule has 6 nitrogen and oxygen atoms in total. The summed E-state index contributed by atoms with van der Waals surface area (Å²) in [4.78, 5) is 27.5. The zero-order valence-electron chi connectivity index (χ0n) is 17.1. The average molecular weight is 415 g/mol. The summed E-state index contributed by atoms with van der Waals surface area (Å²) in [5.41, 5.74) is 3.56. The highest BCUT2D eigenvalue weighted by Crippen LogP contribution is 2.38. The summed E-state index contributed by atoms with van der Waals surface area (Å²) in [6.45, 7) is 6.41. The molecule has 0 bridgehead atoms. The molecule has 1 aromatic rings. The third kappa shape index (κ3) is 4.37. The van der Waals surface area contributed by atoms with E-state index in [1.165, 1.54) is 11.1 Å². The summed E-state index contributed by atoms with van der Waals surface area (Å²) >= 11 is 1.59. The predicted octanol–water partition coefficient (Wildman–Crippen LogP) is 2.06. The number of carbonyl (C=O) groups excluding carboxylic acids is 2. The third-order valence-electron chi connectivity index (χ3n) is 5.98. The molecule has 7 heteroatoms. The monoisotopic (exact) mass is 414 g/mol. The van der Waals surface area contributed by atoms with Crippen molar-refractivity contribution in [3.63, 3.8) is 0 Å². The van der Waals surface area contributed by atoms with Crippen LogP contribution >= 0.6 is 11.8 Å². The number of nitrogens with one attached hydrogen (secondary N) is 3. The van der Waals surface area contributed by atoms with E-state index in [9.17, 15) is 9.59 Å². The summed E-state index contributed by atoms with van der Waals surface area (Å²) in [6.07, 6.45) is 2.57. The SMILES string of the molecule is CCCNC(=O)C1CCCN(C2NC(=O)C3SC=C(c4ccc(C)cc4)C3N2)C1. The fourth-order valence-electron chi connectivity index (χ4n) is 4.32. The molecule has 3 N–H and O–H groups in total. The molecule has 2 fully saturated rings. The van der Waals surface area contributed by atoms with Crippen molar-refractivity contribution in [3.8, 4) is 0 Å². The zero-order chi connectivity index (χ0) is 20.4. The lowest BCUT2D eigenvalue weighted by Crippen LogP contribution is -2.69. The Kier molecular flexibility index (Phi) is 6.27. The number of benzene rings is 1. The summed E-state index contributed by atoms with van der Waals surface area (Å²) in [7, 11) is 0. The number of hydrogen-bond donors (Lipinski definition) is 3. The molecule has 0 radical (unpaired) electrons. The Balaban J connectivity index is 1.45. The summed E-state index contributed by atoms with van der Waals surface area (Å²) < 4.78 is 0. The first kappa shape index (κ1) is 20.4. The lowest BCUT2D eigenvalue weighted by atomic mass is 9.94. The van der Waals surface area contributed by atoms with E-state index in [0.717, 1.165) is 37.9 Å². The van der Waals surface area contributed by atoms with Gasteiger partial charge in [0.05, 0.1) is 12.0 Å². The Hall–Kier alpha value is -1.83. The van der Waals surface area contributed by atoms with Gasteiger partial charge in [0.1, 0.15) is 11.5 Å². The minimum absolute atomic E-state index is 0.0169. The first-order valence-corrected chi connectivity index (χ1v) is 11.5. The van der Waals surface area contributed by atoms with Crippen LogP contribution in [0, 0.1) is 12.8 Å². The minimum atomic E-state index is -0.238. The van der Waals surface area contributed by atoms with Gasteiger partial charge in [-0.25, -0.2) is 0 Å². The van der Waals surface area contributed by atoms with Crippen molar-refractivity contribution >= 4 is 29.1 Å². The second-order valence-electron chi connectivity index (χ2n) is 8.18. The molecule has 3 aliphatic rings. The number of thioether (sulfide) groups is 1.